The topological polar surface area (TPSA) is 37.8 Å². The Kier molecular flexibility index (Phi) is 5.26. The second kappa shape index (κ2) is 7.57. The number of nitrogens with zero attached hydrogens (tertiary/aromatic N) is 2. The van der Waals surface area contributed by atoms with Crippen LogP contribution < -0.4 is 5.32 Å². The maximum atomic E-state index is 6.16. The van der Waals surface area contributed by atoms with Gasteiger partial charge in [-0.2, -0.15) is 4.37 Å². The van der Waals surface area contributed by atoms with E-state index in [9.17, 15) is 0 Å². The molecule has 0 saturated heterocycles. The van der Waals surface area contributed by atoms with Gasteiger partial charge in [0.05, 0.1) is 0 Å². The van der Waals surface area contributed by atoms with E-state index in [1.807, 2.05) is 24.3 Å². The Hall–Kier alpha value is -1.91. The van der Waals surface area contributed by atoms with Crippen molar-refractivity contribution >= 4 is 28.3 Å². The predicted octanol–water partition coefficient (Wildman–Crippen LogP) is 4.75. The molecule has 3 nitrogen and oxygen atoms in total. The first-order chi connectivity index (χ1) is 11.2. The molecule has 0 aliphatic carbocycles. The molecule has 3 rings (SSSR count). The Labute approximate surface area is 145 Å². The van der Waals surface area contributed by atoms with Gasteiger partial charge in [-0.25, -0.2) is 4.98 Å². The molecular formula is C18H18ClN3S. The molecular weight excluding hydrogens is 326 g/mol. The van der Waals surface area contributed by atoms with Crippen molar-refractivity contribution in [2.24, 2.45) is 0 Å². The van der Waals surface area contributed by atoms with Gasteiger partial charge in [0.25, 0.3) is 0 Å². The monoisotopic (exact) mass is 343 g/mol. The van der Waals surface area contributed by atoms with Crippen molar-refractivity contribution in [1.29, 1.82) is 0 Å². The summed E-state index contributed by atoms with van der Waals surface area (Å²) >= 11 is 7.56. The van der Waals surface area contributed by atoms with E-state index < -0.39 is 0 Å². The van der Waals surface area contributed by atoms with Crippen LogP contribution in [0.3, 0.4) is 0 Å². The van der Waals surface area contributed by atoms with E-state index in [4.69, 9.17) is 11.6 Å². The van der Waals surface area contributed by atoms with Crippen LogP contribution >= 0.6 is 23.1 Å². The molecule has 0 aliphatic heterocycles. The van der Waals surface area contributed by atoms with Gasteiger partial charge in [0.2, 0.25) is 5.13 Å². The summed E-state index contributed by atoms with van der Waals surface area (Å²) in [7, 11) is 0. The summed E-state index contributed by atoms with van der Waals surface area (Å²) in [5, 5.41) is 4.99. The molecule has 2 aromatic carbocycles. The number of rotatable bonds is 6. The van der Waals surface area contributed by atoms with E-state index in [0.29, 0.717) is 0 Å². The second-order valence-electron chi connectivity index (χ2n) is 5.45. The predicted molar refractivity (Wildman–Crippen MR) is 97.5 cm³/mol. The third kappa shape index (κ3) is 4.53. The van der Waals surface area contributed by atoms with E-state index in [2.05, 4.69) is 45.9 Å². The van der Waals surface area contributed by atoms with Crippen molar-refractivity contribution in [3.05, 3.63) is 76.1 Å². The number of benzene rings is 2. The van der Waals surface area contributed by atoms with Crippen molar-refractivity contribution in [1.82, 2.24) is 9.36 Å². The van der Waals surface area contributed by atoms with Crippen LogP contribution in [0, 0.1) is 6.92 Å². The first-order valence-corrected chi connectivity index (χ1v) is 8.71. The quantitative estimate of drug-likeness (QED) is 0.702. The zero-order valence-corrected chi connectivity index (χ0v) is 14.5. The molecule has 0 radical (unpaired) electrons. The highest BCUT2D eigenvalue weighted by Gasteiger charge is 2.05. The SMILES string of the molecule is Cc1ccc(Cc2nsc(NCCc3ccccc3Cl)n2)cc1. The zero-order chi connectivity index (χ0) is 16.1. The fourth-order valence-corrected chi connectivity index (χ4v) is 3.13. The summed E-state index contributed by atoms with van der Waals surface area (Å²) in [4.78, 5) is 4.54. The van der Waals surface area contributed by atoms with E-state index in [1.165, 1.54) is 22.7 Å². The smallest absolute Gasteiger partial charge is 0.202 e. The number of anilines is 1. The molecule has 0 unspecified atom stereocenters. The Morgan fingerprint density at radius 3 is 2.65 bits per heavy atom. The van der Waals surface area contributed by atoms with Gasteiger partial charge in [0, 0.05) is 29.5 Å². The van der Waals surface area contributed by atoms with Gasteiger partial charge < -0.3 is 5.32 Å². The largest absolute Gasteiger partial charge is 0.360 e. The van der Waals surface area contributed by atoms with Crippen molar-refractivity contribution in [3.8, 4) is 0 Å². The van der Waals surface area contributed by atoms with Crippen LogP contribution in [0.2, 0.25) is 5.02 Å². The van der Waals surface area contributed by atoms with Crippen LogP contribution in [0.4, 0.5) is 5.13 Å². The van der Waals surface area contributed by atoms with Crippen LogP contribution in [0.5, 0.6) is 0 Å². The minimum atomic E-state index is 0.767. The minimum Gasteiger partial charge on any atom is -0.360 e. The maximum Gasteiger partial charge on any atom is 0.202 e. The van der Waals surface area contributed by atoms with E-state index >= 15 is 0 Å². The lowest BCUT2D eigenvalue weighted by atomic mass is 10.1. The normalized spacial score (nSPS) is 10.7. The fourth-order valence-electron chi connectivity index (χ4n) is 2.29. The summed E-state index contributed by atoms with van der Waals surface area (Å²) in [6.45, 7) is 2.88. The number of aromatic nitrogens is 2. The summed E-state index contributed by atoms with van der Waals surface area (Å²) in [5.74, 6) is 0.860. The van der Waals surface area contributed by atoms with E-state index in [-0.39, 0.29) is 0 Å². The molecule has 118 valence electrons. The Bertz CT molecular complexity index is 768. The number of nitrogens with one attached hydrogen (secondary N) is 1. The van der Waals surface area contributed by atoms with Crippen molar-refractivity contribution in [2.45, 2.75) is 19.8 Å². The molecule has 0 aliphatic rings. The molecule has 0 bridgehead atoms. The Morgan fingerprint density at radius 1 is 1.09 bits per heavy atom. The summed E-state index contributed by atoms with van der Waals surface area (Å²) in [5.41, 5.74) is 3.64. The highest BCUT2D eigenvalue weighted by atomic mass is 35.5. The Morgan fingerprint density at radius 2 is 1.87 bits per heavy atom. The molecule has 1 aromatic heterocycles. The number of hydrogen-bond acceptors (Lipinski definition) is 4. The van der Waals surface area contributed by atoms with Gasteiger partial charge in [-0.15, -0.1) is 0 Å². The van der Waals surface area contributed by atoms with Gasteiger partial charge in [0.15, 0.2) is 0 Å². The van der Waals surface area contributed by atoms with Crippen molar-refractivity contribution in [2.75, 3.05) is 11.9 Å². The Balaban J connectivity index is 1.53. The third-order valence-electron chi connectivity index (χ3n) is 3.58. The van der Waals surface area contributed by atoms with Crippen LogP contribution in [0.25, 0.3) is 0 Å². The molecule has 3 aromatic rings. The minimum absolute atomic E-state index is 0.767. The first kappa shape index (κ1) is 16.0. The lowest BCUT2D eigenvalue weighted by Gasteiger charge is -2.04. The molecule has 0 atom stereocenters. The third-order valence-corrected chi connectivity index (χ3v) is 4.66. The van der Waals surface area contributed by atoms with E-state index in [0.717, 1.165) is 40.9 Å². The molecule has 0 amide bonds. The van der Waals surface area contributed by atoms with Gasteiger partial charge in [-0.05, 0) is 30.5 Å². The van der Waals surface area contributed by atoms with E-state index in [1.54, 1.807) is 0 Å². The molecule has 5 heteroatoms. The van der Waals surface area contributed by atoms with Crippen molar-refractivity contribution < 1.29 is 0 Å². The van der Waals surface area contributed by atoms with Gasteiger partial charge in [0.1, 0.15) is 5.82 Å². The summed E-state index contributed by atoms with van der Waals surface area (Å²) < 4.78 is 4.42. The van der Waals surface area contributed by atoms with Crippen LogP contribution in [-0.2, 0) is 12.8 Å². The highest BCUT2D eigenvalue weighted by molar-refractivity contribution is 7.09. The average molecular weight is 344 g/mol. The maximum absolute atomic E-state index is 6.16. The van der Waals surface area contributed by atoms with Crippen LogP contribution in [0.15, 0.2) is 48.5 Å². The lowest BCUT2D eigenvalue weighted by molar-refractivity contribution is 0.995. The number of aryl methyl sites for hydroxylation is 1. The number of halogens is 1. The van der Waals surface area contributed by atoms with Gasteiger partial charge >= 0.3 is 0 Å². The van der Waals surface area contributed by atoms with Crippen LogP contribution in [0.1, 0.15) is 22.5 Å². The molecule has 23 heavy (non-hydrogen) atoms. The molecule has 1 heterocycles. The molecule has 1 N–H and O–H groups in total. The molecule has 0 spiro atoms. The average Bonchev–Trinajstić information content (AvgIpc) is 2.99. The lowest BCUT2D eigenvalue weighted by Crippen LogP contribution is -2.05. The van der Waals surface area contributed by atoms with Crippen molar-refractivity contribution in [3.63, 3.8) is 0 Å². The zero-order valence-electron chi connectivity index (χ0n) is 12.9. The van der Waals surface area contributed by atoms with Crippen LogP contribution in [-0.4, -0.2) is 15.9 Å². The van der Waals surface area contributed by atoms with Gasteiger partial charge in [-0.1, -0.05) is 59.6 Å². The summed E-state index contributed by atoms with van der Waals surface area (Å²) in [6.07, 6.45) is 1.63. The summed E-state index contributed by atoms with van der Waals surface area (Å²) in [6, 6.07) is 16.4. The fraction of sp³-hybridized carbons (Fsp3) is 0.222. The number of hydrogen-bond donors (Lipinski definition) is 1. The standard InChI is InChI=1S/C18H18ClN3S/c1-13-6-8-14(9-7-13)12-17-21-18(23-22-17)20-11-10-15-4-2-3-5-16(15)19/h2-9H,10-12H2,1H3,(H,20,21,22). The highest BCUT2D eigenvalue weighted by Crippen LogP contribution is 2.17. The molecule has 0 saturated carbocycles. The first-order valence-electron chi connectivity index (χ1n) is 7.56. The molecule has 0 fully saturated rings. The second-order valence-corrected chi connectivity index (χ2v) is 6.61. The van der Waals surface area contributed by atoms with Gasteiger partial charge in [-0.3, -0.25) is 0 Å².